The molecule has 1 aromatic rings. The van der Waals surface area contributed by atoms with Crippen LogP contribution in [0.5, 0.6) is 0 Å². The van der Waals surface area contributed by atoms with Gasteiger partial charge in [0, 0.05) is 27.6 Å². The molecular formula is C27H43NS. The molecule has 29 heavy (non-hydrogen) atoms. The zero-order chi connectivity index (χ0) is 21.8. The van der Waals surface area contributed by atoms with Crippen molar-refractivity contribution in [2.45, 2.75) is 79.1 Å². The Hall–Kier alpha value is -1.54. The first kappa shape index (κ1) is 25.5. The molecule has 1 fully saturated rings. The Bertz CT molecular complexity index is 675. The van der Waals surface area contributed by atoms with Crippen molar-refractivity contribution in [3.63, 3.8) is 0 Å². The molecule has 2 aliphatic rings. The second-order valence-electron chi connectivity index (χ2n) is 8.25. The summed E-state index contributed by atoms with van der Waals surface area (Å²) in [5.74, 6) is 1.55. The summed E-state index contributed by atoms with van der Waals surface area (Å²) in [6.07, 6.45) is 13.8. The summed E-state index contributed by atoms with van der Waals surface area (Å²) < 4.78 is 0. The smallest absolute Gasteiger partial charge is 0.0354 e. The molecular weight excluding hydrogens is 370 g/mol. The fraction of sp³-hybridized carbons (Fsp3) is 0.556. The third-order valence-electron chi connectivity index (χ3n) is 5.55. The first-order chi connectivity index (χ1) is 13.9. The number of thiophene rings is 1. The Kier molecular flexibility index (Phi) is 12.0. The summed E-state index contributed by atoms with van der Waals surface area (Å²) in [5.41, 5.74) is 5.39. The molecule has 2 aliphatic carbocycles. The van der Waals surface area contributed by atoms with Gasteiger partial charge in [-0.15, -0.1) is 24.5 Å². The van der Waals surface area contributed by atoms with Gasteiger partial charge in [-0.2, -0.15) is 0 Å². The molecule has 1 aromatic heterocycles. The maximum absolute atomic E-state index is 4.28. The summed E-state index contributed by atoms with van der Waals surface area (Å²) in [5, 5.41) is 3.51. The molecule has 0 bridgehead atoms. The second-order valence-corrected chi connectivity index (χ2v) is 9.56. The van der Waals surface area contributed by atoms with Gasteiger partial charge in [-0.05, 0) is 76.2 Å². The van der Waals surface area contributed by atoms with Crippen molar-refractivity contribution in [1.29, 1.82) is 0 Å². The second kappa shape index (κ2) is 13.6. The lowest BCUT2D eigenvalue weighted by Crippen LogP contribution is -2.17. The lowest BCUT2D eigenvalue weighted by molar-refractivity contribution is 0.532. The molecule has 1 unspecified atom stereocenters. The Labute approximate surface area is 184 Å². The van der Waals surface area contributed by atoms with Crippen LogP contribution in [0.4, 0.5) is 0 Å². The fourth-order valence-corrected chi connectivity index (χ4v) is 4.62. The molecule has 0 aromatic carbocycles. The minimum absolute atomic E-state index is 0.652. The number of rotatable bonds is 8. The van der Waals surface area contributed by atoms with Crippen LogP contribution in [-0.2, 0) is 12.8 Å². The Morgan fingerprint density at radius 3 is 2.28 bits per heavy atom. The maximum Gasteiger partial charge on any atom is 0.0354 e. The number of allylic oxidation sites excluding steroid dienone is 3. The number of fused-ring (bicyclic) bond motifs is 1. The highest BCUT2D eigenvalue weighted by Gasteiger charge is 2.25. The van der Waals surface area contributed by atoms with E-state index < -0.39 is 0 Å². The van der Waals surface area contributed by atoms with E-state index >= 15 is 0 Å². The van der Waals surface area contributed by atoms with Crippen LogP contribution in [0.15, 0.2) is 44.0 Å². The highest BCUT2D eigenvalue weighted by molar-refractivity contribution is 7.12. The SMILES string of the molecule is C=C(NCCCC)c1c(C)sc2c1CC(C(=C)C)CC2.C=CC1CC1.C=CCC. The van der Waals surface area contributed by atoms with Crippen LogP contribution in [0, 0.1) is 18.8 Å². The lowest BCUT2D eigenvalue weighted by atomic mass is 9.82. The molecule has 0 aliphatic heterocycles. The molecule has 0 radical (unpaired) electrons. The van der Waals surface area contributed by atoms with E-state index in [0.29, 0.717) is 5.92 Å². The van der Waals surface area contributed by atoms with Gasteiger partial charge >= 0.3 is 0 Å². The first-order valence-corrected chi connectivity index (χ1v) is 12.1. The molecule has 3 rings (SSSR count). The van der Waals surface area contributed by atoms with Crippen molar-refractivity contribution in [2.24, 2.45) is 11.8 Å². The first-order valence-electron chi connectivity index (χ1n) is 11.3. The molecule has 0 saturated heterocycles. The average molecular weight is 414 g/mol. The third-order valence-corrected chi connectivity index (χ3v) is 6.76. The zero-order valence-corrected chi connectivity index (χ0v) is 20.2. The number of hydrogen-bond acceptors (Lipinski definition) is 2. The predicted molar refractivity (Wildman–Crippen MR) is 135 cm³/mol. The quantitative estimate of drug-likeness (QED) is 0.334. The van der Waals surface area contributed by atoms with Gasteiger partial charge in [0.1, 0.15) is 0 Å². The van der Waals surface area contributed by atoms with E-state index in [4.69, 9.17) is 0 Å². The molecule has 1 nitrogen and oxygen atoms in total. The predicted octanol–water partition coefficient (Wildman–Crippen LogP) is 8.26. The van der Waals surface area contributed by atoms with Gasteiger partial charge in [0.25, 0.3) is 0 Å². The third kappa shape index (κ3) is 8.78. The van der Waals surface area contributed by atoms with Gasteiger partial charge < -0.3 is 5.32 Å². The van der Waals surface area contributed by atoms with Crippen LogP contribution in [0.1, 0.15) is 80.2 Å². The van der Waals surface area contributed by atoms with Crippen molar-refractivity contribution in [1.82, 2.24) is 5.32 Å². The van der Waals surface area contributed by atoms with Crippen molar-refractivity contribution < 1.29 is 0 Å². The van der Waals surface area contributed by atoms with Crippen LogP contribution in [0.2, 0.25) is 0 Å². The Morgan fingerprint density at radius 1 is 1.17 bits per heavy atom. The van der Waals surface area contributed by atoms with E-state index in [1.165, 1.54) is 54.5 Å². The minimum Gasteiger partial charge on any atom is -0.385 e. The molecule has 2 heteroatoms. The minimum atomic E-state index is 0.652. The van der Waals surface area contributed by atoms with E-state index in [2.05, 4.69) is 59.3 Å². The van der Waals surface area contributed by atoms with Gasteiger partial charge in [0.05, 0.1) is 0 Å². The van der Waals surface area contributed by atoms with Crippen molar-refractivity contribution in [3.8, 4) is 0 Å². The average Bonchev–Trinajstić information content (AvgIpc) is 3.49. The molecule has 0 amide bonds. The van der Waals surface area contributed by atoms with E-state index in [1.54, 1.807) is 10.4 Å². The number of nitrogens with one attached hydrogen (secondary N) is 1. The summed E-state index contributed by atoms with van der Waals surface area (Å²) >= 11 is 1.97. The number of aryl methyl sites for hydroxylation is 2. The van der Waals surface area contributed by atoms with Crippen LogP contribution in [-0.4, -0.2) is 6.54 Å². The summed E-state index contributed by atoms with van der Waals surface area (Å²) in [6.45, 7) is 25.3. The van der Waals surface area contributed by atoms with E-state index in [0.717, 1.165) is 31.0 Å². The lowest BCUT2D eigenvalue weighted by Gasteiger charge is -2.24. The summed E-state index contributed by atoms with van der Waals surface area (Å²) in [7, 11) is 0. The normalized spacial score (nSPS) is 16.9. The number of unbranched alkanes of at least 4 members (excludes halogenated alkanes) is 1. The van der Waals surface area contributed by atoms with E-state index in [-0.39, 0.29) is 0 Å². The van der Waals surface area contributed by atoms with Gasteiger partial charge in [0.2, 0.25) is 0 Å². The van der Waals surface area contributed by atoms with Gasteiger partial charge in [0.15, 0.2) is 0 Å². The standard InChI is InChI=1S/C18H27NS.C5H8.C4H8/c1-6-7-10-19-13(4)18-14(5)20-17-9-8-15(12(2)3)11-16(17)18;1-2-5-3-4-5;1-3-4-2/h15,19H,2,4,6-11H2,1,3,5H3;2,5H,1,3-4H2;3H,1,4H2,2H3. The molecule has 1 saturated carbocycles. The van der Waals surface area contributed by atoms with E-state index in [1.807, 2.05) is 23.5 Å². The van der Waals surface area contributed by atoms with Crippen LogP contribution in [0.3, 0.4) is 0 Å². The molecule has 0 spiro atoms. The van der Waals surface area contributed by atoms with E-state index in [9.17, 15) is 0 Å². The molecule has 162 valence electrons. The fourth-order valence-electron chi connectivity index (χ4n) is 3.37. The van der Waals surface area contributed by atoms with Crippen molar-refractivity contribution >= 4 is 17.0 Å². The number of hydrogen-bond donors (Lipinski definition) is 1. The molecule has 1 heterocycles. The highest BCUT2D eigenvalue weighted by atomic mass is 32.1. The highest BCUT2D eigenvalue weighted by Crippen LogP contribution is 2.39. The van der Waals surface area contributed by atoms with Crippen molar-refractivity contribution in [3.05, 3.63) is 64.9 Å². The monoisotopic (exact) mass is 413 g/mol. The van der Waals surface area contributed by atoms with Crippen LogP contribution < -0.4 is 5.32 Å². The maximum atomic E-state index is 4.28. The van der Waals surface area contributed by atoms with Crippen LogP contribution in [0.25, 0.3) is 5.70 Å². The molecule has 1 atom stereocenters. The molecule has 1 N–H and O–H groups in total. The topological polar surface area (TPSA) is 12.0 Å². The van der Waals surface area contributed by atoms with Gasteiger partial charge in [-0.25, -0.2) is 0 Å². The Balaban J connectivity index is 0.000000386. The summed E-state index contributed by atoms with van der Waals surface area (Å²) in [4.78, 5) is 3.00. The summed E-state index contributed by atoms with van der Waals surface area (Å²) in [6, 6.07) is 0. The van der Waals surface area contributed by atoms with Gasteiger partial charge in [-0.1, -0.05) is 51.2 Å². The zero-order valence-electron chi connectivity index (χ0n) is 19.4. The van der Waals surface area contributed by atoms with Crippen molar-refractivity contribution in [2.75, 3.05) is 6.54 Å². The Morgan fingerprint density at radius 2 is 1.83 bits per heavy atom. The van der Waals surface area contributed by atoms with Crippen LogP contribution >= 0.6 is 11.3 Å². The largest absolute Gasteiger partial charge is 0.385 e. The van der Waals surface area contributed by atoms with Gasteiger partial charge in [-0.3, -0.25) is 0 Å².